The molecule has 2 rings (SSSR count). The van der Waals surface area contributed by atoms with Crippen LogP contribution in [0.25, 0.3) is 0 Å². The number of carbonyl (C=O) groups is 2. The van der Waals surface area contributed by atoms with Crippen molar-refractivity contribution in [1.82, 2.24) is 5.32 Å². The van der Waals surface area contributed by atoms with Gasteiger partial charge in [0, 0.05) is 11.9 Å². The summed E-state index contributed by atoms with van der Waals surface area (Å²) in [5.41, 5.74) is 1.23. The molecule has 2 aromatic rings. The second kappa shape index (κ2) is 8.81. The number of benzene rings is 2. The molecule has 0 heterocycles. The van der Waals surface area contributed by atoms with Crippen molar-refractivity contribution in [2.45, 2.75) is 31.2 Å². The van der Waals surface area contributed by atoms with Gasteiger partial charge in [-0.3, -0.25) is 9.59 Å². The number of anilines is 1. The van der Waals surface area contributed by atoms with E-state index in [0.717, 1.165) is 11.8 Å². The summed E-state index contributed by atoms with van der Waals surface area (Å²) in [6.07, 6.45) is 1.29. The molecule has 0 fully saturated rings. The van der Waals surface area contributed by atoms with Gasteiger partial charge in [0.05, 0.1) is 11.3 Å². The van der Waals surface area contributed by atoms with Crippen LogP contribution in [0.1, 0.15) is 19.4 Å². The van der Waals surface area contributed by atoms with E-state index in [1.807, 2.05) is 44.2 Å². The van der Waals surface area contributed by atoms with E-state index in [0.29, 0.717) is 5.69 Å². The standard InChI is InChI=1S/C20H24N2O4S/c1-14(2)19(22-18(23)12-15-8-5-4-6-9-15)20(24)21-16-10-7-11-17(13-16)27(3,25)26/h4-11,13-14,19H,12H2,1-3H3,(H,21,24)(H,22,23)/t19-/m0/s1. The third kappa shape index (κ3) is 6.21. The van der Waals surface area contributed by atoms with Gasteiger partial charge in [0.25, 0.3) is 0 Å². The van der Waals surface area contributed by atoms with E-state index in [9.17, 15) is 18.0 Å². The number of nitrogens with one attached hydrogen (secondary N) is 2. The summed E-state index contributed by atoms with van der Waals surface area (Å²) in [5.74, 6) is -0.778. The van der Waals surface area contributed by atoms with Crippen molar-refractivity contribution >= 4 is 27.3 Å². The van der Waals surface area contributed by atoms with Crippen molar-refractivity contribution in [3.63, 3.8) is 0 Å². The summed E-state index contributed by atoms with van der Waals surface area (Å²) >= 11 is 0. The average molecular weight is 388 g/mol. The van der Waals surface area contributed by atoms with Gasteiger partial charge in [-0.25, -0.2) is 8.42 Å². The Kier molecular flexibility index (Phi) is 6.74. The molecule has 0 unspecified atom stereocenters. The van der Waals surface area contributed by atoms with E-state index in [-0.39, 0.29) is 23.1 Å². The van der Waals surface area contributed by atoms with Crippen LogP contribution in [0.15, 0.2) is 59.5 Å². The molecule has 0 spiro atoms. The van der Waals surface area contributed by atoms with E-state index in [4.69, 9.17) is 0 Å². The lowest BCUT2D eigenvalue weighted by molar-refractivity contribution is -0.127. The van der Waals surface area contributed by atoms with Crippen LogP contribution in [0.4, 0.5) is 5.69 Å². The molecule has 0 saturated carbocycles. The van der Waals surface area contributed by atoms with E-state index in [1.165, 1.54) is 12.1 Å². The number of amides is 2. The zero-order valence-corrected chi connectivity index (χ0v) is 16.4. The van der Waals surface area contributed by atoms with Gasteiger partial charge in [-0.15, -0.1) is 0 Å². The van der Waals surface area contributed by atoms with Gasteiger partial charge in [0.1, 0.15) is 6.04 Å². The Balaban J connectivity index is 2.08. The Morgan fingerprint density at radius 3 is 2.26 bits per heavy atom. The van der Waals surface area contributed by atoms with Crippen molar-refractivity contribution in [2.24, 2.45) is 5.92 Å². The second-order valence-corrected chi connectivity index (χ2v) is 8.76. The lowest BCUT2D eigenvalue weighted by atomic mass is 10.0. The molecular weight excluding hydrogens is 364 g/mol. The molecule has 1 atom stereocenters. The number of hydrogen-bond acceptors (Lipinski definition) is 4. The number of hydrogen-bond donors (Lipinski definition) is 2. The normalized spacial score (nSPS) is 12.4. The first-order valence-corrected chi connectivity index (χ1v) is 10.5. The zero-order chi connectivity index (χ0) is 20.0. The quantitative estimate of drug-likeness (QED) is 0.762. The van der Waals surface area contributed by atoms with Crippen LogP contribution in [-0.2, 0) is 25.8 Å². The molecule has 0 aliphatic rings. The molecule has 2 N–H and O–H groups in total. The molecule has 7 heteroatoms. The Labute approximate surface area is 159 Å². The first-order valence-electron chi connectivity index (χ1n) is 8.61. The maximum atomic E-state index is 12.6. The maximum Gasteiger partial charge on any atom is 0.247 e. The van der Waals surface area contributed by atoms with E-state index in [2.05, 4.69) is 10.6 Å². The maximum absolute atomic E-state index is 12.6. The van der Waals surface area contributed by atoms with E-state index in [1.54, 1.807) is 12.1 Å². The molecule has 2 amide bonds. The first-order chi connectivity index (χ1) is 12.7. The highest BCUT2D eigenvalue weighted by molar-refractivity contribution is 7.90. The molecule has 0 bridgehead atoms. The van der Waals surface area contributed by atoms with Gasteiger partial charge in [-0.1, -0.05) is 50.2 Å². The van der Waals surface area contributed by atoms with Crippen molar-refractivity contribution in [2.75, 3.05) is 11.6 Å². The fourth-order valence-electron chi connectivity index (χ4n) is 2.57. The predicted molar refractivity (Wildman–Crippen MR) is 105 cm³/mol. The molecule has 0 saturated heterocycles. The van der Waals surface area contributed by atoms with Crippen LogP contribution < -0.4 is 10.6 Å². The van der Waals surface area contributed by atoms with Crippen molar-refractivity contribution in [3.8, 4) is 0 Å². The summed E-state index contributed by atoms with van der Waals surface area (Å²) in [4.78, 5) is 25.0. The minimum absolute atomic E-state index is 0.120. The minimum Gasteiger partial charge on any atom is -0.344 e. The molecule has 6 nitrogen and oxygen atoms in total. The van der Waals surface area contributed by atoms with Crippen LogP contribution in [0.2, 0.25) is 0 Å². The summed E-state index contributed by atoms with van der Waals surface area (Å²) in [6, 6.07) is 14.6. The minimum atomic E-state index is -3.37. The zero-order valence-electron chi connectivity index (χ0n) is 15.6. The Morgan fingerprint density at radius 1 is 1.00 bits per heavy atom. The van der Waals surface area contributed by atoms with Crippen LogP contribution in [-0.4, -0.2) is 32.5 Å². The lowest BCUT2D eigenvalue weighted by Crippen LogP contribution is -2.47. The van der Waals surface area contributed by atoms with Gasteiger partial charge in [0.2, 0.25) is 11.8 Å². The van der Waals surface area contributed by atoms with E-state index >= 15 is 0 Å². The van der Waals surface area contributed by atoms with E-state index < -0.39 is 21.8 Å². The third-order valence-electron chi connectivity index (χ3n) is 4.00. The molecule has 0 aliphatic carbocycles. The second-order valence-electron chi connectivity index (χ2n) is 6.74. The molecule has 0 aliphatic heterocycles. The largest absolute Gasteiger partial charge is 0.344 e. The highest BCUT2D eigenvalue weighted by Gasteiger charge is 2.24. The topological polar surface area (TPSA) is 92.3 Å². The summed E-state index contributed by atoms with van der Waals surface area (Å²) in [7, 11) is -3.37. The Morgan fingerprint density at radius 2 is 1.67 bits per heavy atom. The highest BCUT2D eigenvalue weighted by Crippen LogP contribution is 2.16. The Hall–Kier alpha value is -2.67. The van der Waals surface area contributed by atoms with Crippen LogP contribution in [0.5, 0.6) is 0 Å². The van der Waals surface area contributed by atoms with Crippen molar-refractivity contribution in [3.05, 3.63) is 60.2 Å². The van der Waals surface area contributed by atoms with Crippen LogP contribution in [0.3, 0.4) is 0 Å². The molecule has 2 aromatic carbocycles. The summed E-state index contributed by atoms with van der Waals surface area (Å²) in [5, 5.41) is 5.45. The van der Waals surface area contributed by atoms with Crippen molar-refractivity contribution < 1.29 is 18.0 Å². The smallest absolute Gasteiger partial charge is 0.247 e. The SMILES string of the molecule is CC(C)[C@H](NC(=O)Cc1ccccc1)C(=O)Nc1cccc(S(C)(=O)=O)c1. The van der Waals surface area contributed by atoms with Gasteiger partial charge >= 0.3 is 0 Å². The number of sulfone groups is 1. The first kappa shape index (κ1) is 20.6. The van der Waals surface area contributed by atoms with Crippen molar-refractivity contribution in [1.29, 1.82) is 0 Å². The van der Waals surface area contributed by atoms with Gasteiger partial charge < -0.3 is 10.6 Å². The molecule has 27 heavy (non-hydrogen) atoms. The lowest BCUT2D eigenvalue weighted by Gasteiger charge is -2.22. The molecule has 0 aromatic heterocycles. The summed E-state index contributed by atoms with van der Waals surface area (Å²) in [6.45, 7) is 3.67. The Bertz CT molecular complexity index is 909. The molecule has 0 radical (unpaired) electrons. The fourth-order valence-corrected chi connectivity index (χ4v) is 3.23. The van der Waals surface area contributed by atoms with Gasteiger partial charge in [-0.2, -0.15) is 0 Å². The van der Waals surface area contributed by atoms with Gasteiger partial charge in [-0.05, 0) is 29.7 Å². The number of rotatable bonds is 7. The fraction of sp³-hybridized carbons (Fsp3) is 0.300. The van der Waals surface area contributed by atoms with Crippen LogP contribution >= 0.6 is 0 Å². The van der Waals surface area contributed by atoms with Gasteiger partial charge in [0.15, 0.2) is 9.84 Å². The highest BCUT2D eigenvalue weighted by atomic mass is 32.2. The third-order valence-corrected chi connectivity index (χ3v) is 5.11. The predicted octanol–water partition coefficient (Wildman–Crippen LogP) is 2.41. The average Bonchev–Trinajstić information content (AvgIpc) is 2.59. The molecular formula is C20H24N2O4S. The molecule has 144 valence electrons. The van der Waals surface area contributed by atoms with Crippen LogP contribution in [0, 0.1) is 5.92 Å². The monoisotopic (exact) mass is 388 g/mol. The summed E-state index contributed by atoms with van der Waals surface area (Å²) < 4.78 is 23.3. The number of carbonyl (C=O) groups excluding carboxylic acids is 2.